The van der Waals surface area contributed by atoms with Gasteiger partial charge in [-0.2, -0.15) is 0 Å². The number of rotatable bonds is 4. The van der Waals surface area contributed by atoms with Gasteiger partial charge in [-0.25, -0.2) is 9.97 Å². The third kappa shape index (κ3) is 6.50. The molecule has 220 valence electrons. The number of hydrogen-bond donors (Lipinski definition) is 2. The molecule has 0 aliphatic carbocycles. The van der Waals surface area contributed by atoms with Crippen LogP contribution in [0.5, 0.6) is 11.5 Å². The highest BCUT2D eigenvalue weighted by Gasteiger charge is 2.19. The molecule has 2 N–H and O–H groups in total. The van der Waals surface area contributed by atoms with Crippen LogP contribution in [-0.2, 0) is 14.3 Å². The van der Waals surface area contributed by atoms with Crippen LogP contribution in [0.1, 0.15) is 0 Å². The van der Waals surface area contributed by atoms with Crippen LogP contribution in [0.25, 0.3) is 44.0 Å². The number of phenolic OH excluding ortho intramolecular Hbond substituents is 2. The van der Waals surface area contributed by atoms with E-state index in [9.17, 15) is 15.0 Å². The predicted molar refractivity (Wildman–Crippen MR) is 166 cm³/mol. The maximum absolute atomic E-state index is 11.0. The molecule has 0 radical (unpaired) electrons. The molecule has 43 heavy (non-hydrogen) atoms. The Morgan fingerprint density at radius 2 is 1.09 bits per heavy atom. The number of imidazole rings is 2. The molecular weight excluding hydrogens is 546 g/mol. The van der Waals surface area contributed by atoms with Gasteiger partial charge in [-0.05, 0) is 47.2 Å². The van der Waals surface area contributed by atoms with Crippen LogP contribution in [0.2, 0.25) is 0 Å². The standard InChI is InChI=1S/C26H18N4O2.C4H8O2.C3H7NO/c31-23-9-7-17-19(3-1-5-21(17)29-13-11-27-15-29)25(23)26-20-4-2-6-22(30-14-12-28-16-30)18(20)8-10-24(26)32;1-2-6-4-3-5-1;1-4(2)3-5/h1-16,31-32H;1-4H2;3H,1-2H3. The van der Waals surface area contributed by atoms with Crippen molar-refractivity contribution in [2.24, 2.45) is 0 Å². The van der Waals surface area contributed by atoms with Gasteiger partial charge in [-0.1, -0.05) is 24.3 Å². The summed E-state index contributed by atoms with van der Waals surface area (Å²) in [5.41, 5.74) is 3.07. The number of phenols is 2. The molecule has 1 aliphatic heterocycles. The summed E-state index contributed by atoms with van der Waals surface area (Å²) in [6.07, 6.45) is 11.5. The second-order valence-corrected chi connectivity index (χ2v) is 9.90. The van der Waals surface area contributed by atoms with Crippen molar-refractivity contribution in [2.45, 2.75) is 0 Å². The largest absolute Gasteiger partial charge is 0.507 e. The molecule has 10 nitrogen and oxygen atoms in total. The van der Waals surface area contributed by atoms with E-state index in [2.05, 4.69) is 9.97 Å². The number of ether oxygens (including phenoxy) is 2. The van der Waals surface area contributed by atoms with Crippen LogP contribution >= 0.6 is 0 Å². The molecule has 0 unspecified atom stereocenters. The Morgan fingerprint density at radius 3 is 1.42 bits per heavy atom. The molecule has 0 spiro atoms. The lowest BCUT2D eigenvalue weighted by molar-refractivity contribution is -0.115. The fourth-order valence-electron chi connectivity index (χ4n) is 4.88. The Hall–Kier alpha value is -5.19. The SMILES string of the molecule is C1COCCO1.CN(C)C=O.Oc1ccc2c(-n3ccnc3)cccc2c1-c1c(O)ccc2c(-n3ccnc3)cccc12. The van der Waals surface area contributed by atoms with E-state index >= 15 is 0 Å². The number of benzene rings is 4. The molecule has 0 atom stereocenters. The highest BCUT2D eigenvalue weighted by atomic mass is 16.6. The first-order valence-corrected chi connectivity index (χ1v) is 13.7. The first-order chi connectivity index (χ1) is 21.0. The molecule has 3 heterocycles. The smallest absolute Gasteiger partial charge is 0.209 e. The van der Waals surface area contributed by atoms with E-state index in [4.69, 9.17) is 9.47 Å². The predicted octanol–water partition coefficient (Wildman–Crippen LogP) is 5.18. The van der Waals surface area contributed by atoms with Crippen LogP contribution in [0.15, 0.2) is 98.1 Å². The molecule has 1 aliphatic rings. The number of nitrogens with zero attached hydrogens (tertiary/aromatic N) is 5. The topological polar surface area (TPSA) is 115 Å². The summed E-state index contributed by atoms with van der Waals surface area (Å²) in [5, 5.41) is 25.5. The van der Waals surface area contributed by atoms with Gasteiger partial charge in [0.05, 0.1) is 50.5 Å². The van der Waals surface area contributed by atoms with E-state index in [0.717, 1.165) is 65.8 Å². The van der Waals surface area contributed by atoms with Crippen molar-refractivity contribution >= 4 is 28.0 Å². The Kier molecular flexibility index (Phi) is 9.30. The van der Waals surface area contributed by atoms with Crippen LogP contribution in [0.3, 0.4) is 0 Å². The summed E-state index contributed by atoms with van der Waals surface area (Å²) in [7, 11) is 3.38. The fraction of sp³-hybridized carbons (Fsp3) is 0.182. The van der Waals surface area contributed by atoms with Gasteiger partial charge in [0.1, 0.15) is 11.5 Å². The lowest BCUT2D eigenvalue weighted by Crippen LogP contribution is -2.16. The molecule has 7 rings (SSSR count). The summed E-state index contributed by atoms with van der Waals surface area (Å²) in [6.45, 7) is 3.11. The number of carbonyl (C=O) groups is 1. The average molecular weight is 580 g/mol. The first-order valence-electron chi connectivity index (χ1n) is 13.7. The van der Waals surface area contributed by atoms with Crippen molar-refractivity contribution in [2.75, 3.05) is 40.5 Å². The van der Waals surface area contributed by atoms with Crippen molar-refractivity contribution in [1.29, 1.82) is 0 Å². The molecular formula is C33H33N5O5. The maximum atomic E-state index is 11.0. The Bertz CT molecular complexity index is 1660. The number of amides is 1. The van der Waals surface area contributed by atoms with Gasteiger partial charge in [-0.15, -0.1) is 0 Å². The van der Waals surface area contributed by atoms with Crippen LogP contribution in [-0.4, -0.2) is 81.1 Å². The number of hydrogen-bond acceptors (Lipinski definition) is 7. The lowest BCUT2D eigenvalue weighted by Gasteiger charge is -2.17. The molecule has 0 bridgehead atoms. The third-order valence-corrected chi connectivity index (χ3v) is 6.80. The summed E-state index contributed by atoms with van der Waals surface area (Å²) >= 11 is 0. The molecule has 1 fully saturated rings. The second-order valence-electron chi connectivity index (χ2n) is 9.90. The Balaban J connectivity index is 0.000000284. The van der Waals surface area contributed by atoms with Gasteiger partial charge in [0, 0.05) is 60.8 Å². The fourth-order valence-corrected chi connectivity index (χ4v) is 4.88. The minimum Gasteiger partial charge on any atom is -0.507 e. The quantitative estimate of drug-likeness (QED) is 0.277. The number of aromatic nitrogens is 4. The van der Waals surface area contributed by atoms with E-state index in [1.807, 2.05) is 70.1 Å². The normalized spacial score (nSPS) is 12.6. The van der Waals surface area contributed by atoms with E-state index in [1.54, 1.807) is 51.3 Å². The summed E-state index contributed by atoms with van der Waals surface area (Å²) in [6, 6.07) is 19.0. The van der Waals surface area contributed by atoms with Gasteiger partial charge >= 0.3 is 0 Å². The molecule has 4 aromatic carbocycles. The molecule has 2 aromatic heterocycles. The lowest BCUT2D eigenvalue weighted by atomic mass is 9.91. The minimum atomic E-state index is 0.108. The Morgan fingerprint density at radius 1 is 0.674 bits per heavy atom. The van der Waals surface area contributed by atoms with Crippen LogP contribution < -0.4 is 0 Å². The maximum Gasteiger partial charge on any atom is 0.209 e. The zero-order chi connectivity index (χ0) is 30.2. The Labute approximate surface area is 249 Å². The second kappa shape index (κ2) is 13.6. The van der Waals surface area contributed by atoms with Crippen molar-refractivity contribution in [3.05, 3.63) is 98.1 Å². The van der Waals surface area contributed by atoms with E-state index in [1.165, 1.54) is 4.90 Å². The van der Waals surface area contributed by atoms with Crippen molar-refractivity contribution in [3.63, 3.8) is 0 Å². The van der Waals surface area contributed by atoms with Gasteiger partial charge in [0.2, 0.25) is 6.41 Å². The van der Waals surface area contributed by atoms with Gasteiger partial charge in [0.25, 0.3) is 0 Å². The molecule has 10 heteroatoms. The molecule has 1 saturated heterocycles. The summed E-state index contributed by atoms with van der Waals surface area (Å²) < 4.78 is 13.8. The molecule has 6 aromatic rings. The monoisotopic (exact) mass is 579 g/mol. The number of aromatic hydroxyl groups is 2. The van der Waals surface area contributed by atoms with Crippen LogP contribution in [0.4, 0.5) is 0 Å². The molecule has 1 amide bonds. The van der Waals surface area contributed by atoms with E-state index < -0.39 is 0 Å². The number of carbonyl (C=O) groups excluding carboxylic acids is 1. The van der Waals surface area contributed by atoms with Gasteiger partial charge in [-0.3, -0.25) is 4.79 Å². The summed E-state index contributed by atoms with van der Waals surface area (Å²) in [4.78, 5) is 19.2. The van der Waals surface area contributed by atoms with Crippen molar-refractivity contribution < 1.29 is 24.5 Å². The number of fused-ring (bicyclic) bond motifs is 2. The molecule has 0 saturated carbocycles. The zero-order valence-corrected chi connectivity index (χ0v) is 24.0. The van der Waals surface area contributed by atoms with Gasteiger partial charge in [0.15, 0.2) is 0 Å². The van der Waals surface area contributed by atoms with Crippen LogP contribution in [0, 0.1) is 0 Å². The van der Waals surface area contributed by atoms with E-state index in [0.29, 0.717) is 11.1 Å². The highest BCUT2D eigenvalue weighted by Crippen LogP contribution is 2.46. The first kappa shape index (κ1) is 29.3. The van der Waals surface area contributed by atoms with Crippen molar-refractivity contribution in [1.82, 2.24) is 24.0 Å². The zero-order valence-electron chi connectivity index (χ0n) is 24.0. The van der Waals surface area contributed by atoms with E-state index in [-0.39, 0.29) is 11.5 Å². The minimum absolute atomic E-state index is 0.108. The summed E-state index contributed by atoms with van der Waals surface area (Å²) in [5.74, 6) is 0.215. The van der Waals surface area contributed by atoms with Crippen molar-refractivity contribution in [3.8, 4) is 34.0 Å². The van der Waals surface area contributed by atoms with Gasteiger partial charge < -0.3 is 33.7 Å². The average Bonchev–Trinajstić information content (AvgIpc) is 3.78. The third-order valence-electron chi connectivity index (χ3n) is 6.80. The highest BCUT2D eigenvalue weighted by molar-refractivity contribution is 6.12.